The van der Waals surface area contributed by atoms with Gasteiger partial charge < -0.3 is 10.4 Å². The van der Waals surface area contributed by atoms with Gasteiger partial charge in [-0.1, -0.05) is 19.9 Å². The molecule has 1 heterocycles. The van der Waals surface area contributed by atoms with E-state index >= 15 is 0 Å². The number of hydrogen-bond acceptors (Lipinski definition) is 3. The summed E-state index contributed by atoms with van der Waals surface area (Å²) in [6, 6.07) is 3.64. The Balaban J connectivity index is 2.31. The summed E-state index contributed by atoms with van der Waals surface area (Å²) in [7, 11) is 0. The third-order valence-corrected chi connectivity index (χ3v) is 3.18. The fourth-order valence-corrected chi connectivity index (χ4v) is 2.12. The zero-order valence-corrected chi connectivity index (χ0v) is 9.88. The zero-order chi connectivity index (χ0) is 11.3. The highest BCUT2D eigenvalue weighted by Gasteiger charge is 2.19. The second-order valence-electron chi connectivity index (χ2n) is 3.84. The van der Waals surface area contributed by atoms with Crippen LogP contribution in [-0.4, -0.2) is 23.7 Å². The molecule has 0 bridgehead atoms. The number of carbonyl (C=O) groups is 1. The molecule has 1 aromatic heterocycles. The van der Waals surface area contributed by atoms with Gasteiger partial charge in [0.2, 0.25) is 0 Å². The Morgan fingerprint density at radius 1 is 1.60 bits per heavy atom. The highest BCUT2D eigenvalue weighted by Crippen LogP contribution is 2.09. The third-order valence-electron chi connectivity index (χ3n) is 2.25. The predicted octanol–water partition coefficient (Wildman–Crippen LogP) is 1.99. The van der Waals surface area contributed by atoms with E-state index < -0.39 is 12.0 Å². The summed E-state index contributed by atoms with van der Waals surface area (Å²) in [5.41, 5.74) is 0. The fourth-order valence-electron chi connectivity index (χ4n) is 1.41. The van der Waals surface area contributed by atoms with Crippen molar-refractivity contribution < 1.29 is 9.90 Å². The molecule has 1 aromatic rings. The van der Waals surface area contributed by atoms with Gasteiger partial charge in [0.15, 0.2) is 0 Å². The van der Waals surface area contributed by atoms with Gasteiger partial charge in [0.05, 0.1) is 0 Å². The van der Waals surface area contributed by atoms with Gasteiger partial charge in [-0.2, -0.15) is 0 Å². The molecule has 0 saturated heterocycles. The number of hydrogen-bond donors (Lipinski definition) is 2. The van der Waals surface area contributed by atoms with Gasteiger partial charge in [0, 0.05) is 11.4 Å². The standard InChI is InChI=1S/C11H17NO2S/c1-8(2)10(11(13)14)12-6-5-9-4-3-7-15-9/h3-4,7-8,10,12H,5-6H2,1-2H3,(H,13,14). The van der Waals surface area contributed by atoms with Gasteiger partial charge >= 0.3 is 5.97 Å². The fraction of sp³-hybridized carbons (Fsp3) is 0.545. The van der Waals surface area contributed by atoms with E-state index in [4.69, 9.17) is 5.11 Å². The van der Waals surface area contributed by atoms with Crippen LogP contribution >= 0.6 is 11.3 Å². The van der Waals surface area contributed by atoms with Crippen LogP contribution in [0.4, 0.5) is 0 Å². The highest BCUT2D eigenvalue weighted by atomic mass is 32.1. The van der Waals surface area contributed by atoms with Gasteiger partial charge in [0.1, 0.15) is 6.04 Å². The zero-order valence-electron chi connectivity index (χ0n) is 9.06. The van der Waals surface area contributed by atoms with Gasteiger partial charge in [-0.3, -0.25) is 4.79 Å². The molecule has 0 fully saturated rings. The number of carboxylic acid groups (broad SMARTS) is 1. The van der Waals surface area contributed by atoms with E-state index in [9.17, 15) is 4.79 Å². The molecule has 2 N–H and O–H groups in total. The minimum Gasteiger partial charge on any atom is -0.480 e. The van der Waals surface area contributed by atoms with E-state index in [0.717, 1.165) is 13.0 Å². The molecular formula is C11H17NO2S. The van der Waals surface area contributed by atoms with Gasteiger partial charge in [-0.05, 0) is 23.8 Å². The van der Waals surface area contributed by atoms with Gasteiger partial charge in [-0.15, -0.1) is 11.3 Å². The average Bonchev–Trinajstić information content (AvgIpc) is 2.63. The molecule has 0 saturated carbocycles. The summed E-state index contributed by atoms with van der Waals surface area (Å²) in [6.07, 6.45) is 0.897. The minimum atomic E-state index is -0.767. The molecule has 4 heteroatoms. The third kappa shape index (κ3) is 4.01. The topological polar surface area (TPSA) is 49.3 Å². The molecule has 1 rings (SSSR count). The number of thiophene rings is 1. The van der Waals surface area contributed by atoms with Crippen LogP contribution in [0.2, 0.25) is 0 Å². The van der Waals surface area contributed by atoms with Gasteiger partial charge in [-0.25, -0.2) is 0 Å². The summed E-state index contributed by atoms with van der Waals surface area (Å²) >= 11 is 1.70. The molecule has 0 spiro atoms. The molecule has 0 amide bonds. The Labute approximate surface area is 94.1 Å². The molecule has 15 heavy (non-hydrogen) atoms. The van der Waals surface area contributed by atoms with Crippen LogP contribution in [0.1, 0.15) is 18.7 Å². The summed E-state index contributed by atoms with van der Waals surface area (Å²) in [5.74, 6) is -0.651. The Kier molecular flexibility index (Phi) is 4.78. The van der Waals surface area contributed by atoms with Crippen molar-refractivity contribution >= 4 is 17.3 Å². The van der Waals surface area contributed by atoms with E-state index in [-0.39, 0.29) is 5.92 Å². The molecule has 1 unspecified atom stereocenters. The molecule has 1 atom stereocenters. The minimum absolute atomic E-state index is 0.117. The first kappa shape index (κ1) is 12.2. The quantitative estimate of drug-likeness (QED) is 0.781. The first-order chi connectivity index (χ1) is 7.11. The van der Waals surface area contributed by atoms with E-state index in [1.807, 2.05) is 25.3 Å². The van der Waals surface area contributed by atoms with Crippen molar-refractivity contribution in [2.24, 2.45) is 5.92 Å². The van der Waals surface area contributed by atoms with Crippen LogP contribution in [0.5, 0.6) is 0 Å². The first-order valence-electron chi connectivity index (χ1n) is 5.10. The highest BCUT2D eigenvalue weighted by molar-refractivity contribution is 7.09. The molecule has 0 aliphatic heterocycles. The second-order valence-corrected chi connectivity index (χ2v) is 4.88. The van der Waals surface area contributed by atoms with Crippen molar-refractivity contribution in [2.45, 2.75) is 26.3 Å². The van der Waals surface area contributed by atoms with Crippen molar-refractivity contribution in [1.82, 2.24) is 5.32 Å². The van der Waals surface area contributed by atoms with E-state index in [1.165, 1.54) is 4.88 Å². The van der Waals surface area contributed by atoms with Crippen LogP contribution in [-0.2, 0) is 11.2 Å². The smallest absolute Gasteiger partial charge is 0.320 e. The summed E-state index contributed by atoms with van der Waals surface area (Å²) in [5, 5.41) is 14.0. The summed E-state index contributed by atoms with van der Waals surface area (Å²) in [4.78, 5) is 12.2. The molecular weight excluding hydrogens is 210 g/mol. The van der Waals surface area contributed by atoms with Crippen LogP contribution in [0.15, 0.2) is 17.5 Å². The maximum atomic E-state index is 10.9. The first-order valence-corrected chi connectivity index (χ1v) is 5.98. The van der Waals surface area contributed by atoms with Gasteiger partial charge in [0.25, 0.3) is 0 Å². The van der Waals surface area contributed by atoms with Crippen LogP contribution in [0.3, 0.4) is 0 Å². The van der Waals surface area contributed by atoms with Crippen LogP contribution in [0.25, 0.3) is 0 Å². The monoisotopic (exact) mass is 227 g/mol. The molecule has 84 valence electrons. The van der Waals surface area contributed by atoms with Crippen molar-refractivity contribution in [2.75, 3.05) is 6.54 Å². The summed E-state index contributed by atoms with van der Waals surface area (Å²) in [6.45, 7) is 4.55. The Morgan fingerprint density at radius 3 is 2.80 bits per heavy atom. The lowest BCUT2D eigenvalue weighted by atomic mass is 10.0. The lowest BCUT2D eigenvalue weighted by Gasteiger charge is -2.17. The lowest BCUT2D eigenvalue weighted by molar-refractivity contribution is -0.140. The van der Waals surface area contributed by atoms with Crippen LogP contribution < -0.4 is 5.32 Å². The second kappa shape index (κ2) is 5.88. The summed E-state index contributed by atoms with van der Waals surface area (Å²) < 4.78 is 0. The Bertz CT molecular complexity index is 296. The number of nitrogens with one attached hydrogen (secondary N) is 1. The normalized spacial score (nSPS) is 13.0. The van der Waals surface area contributed by atoms with Crippen LogP contribution in [0, 0.1) is 5.92 Å². The van der Waals surface area contributed by atoms with Crippen molar-refractivity contribution in [1.29, 1.82) is 0 Å². The van der Waals surface area contributed by atoms with E-state index in [1.54, 1.807) is 11.3 Å². The number of rotatable bonds is 6. The average molecular weight is 227 g/mol. The lowest BCUT2D eigenvalue weighted by Crippen LogP contribution is -2.41. The van der Waals surface area contributed by atoms with Crippen molar-refractivity contribution in [3.8, 4) is 0 Å². The largest absolute Gasteiger partial charge is 0.480 e. The van der Waals surface area contributed by atoms with Crippen molar-refractivity contribution in [3.63, 3.8) is 0 Å². The number of aliphatic carboxylic acids is 1. The molecule has 0 aliphatic rings. The SMILES string of the molecule is CC(C)C(NCCc1cccs1)C(=O)O. The maximum Gasteiger partial charge on any atom is 0.320 e. The van der Waals surface area contributed by atoms with E-state index in [2.05, 4.69) is 11.4 Å². The predicted molar refractivity (Wildman–Crippen MR) is 62.3 cm³/mol. The number of carboxylic acids is 1. The van der Waals surface area contributed by atoms with Crippen molar-refractivity contribution in [3.05, 3.63) is 22.4 Å². The molecule has 0 aliphatic carbocycles. The Morgan fingerprint density at radius 2 is 2.33 bits per heavy atom. The Hall–Kier alpha value is -0.870. The molecule has 0 aromatic carbocycles. The molecule has 0 radical (unpaired) electrons. The van der Waals surface area contributed by atoms with E-state index in [0.29, 0.717) is 0 Å². The maximum absolute atomic E-state index is 10.9. The molecule has 3 nitrogen and oxygen atoms in total.